The van der Waals surface area contributed by atoms with Crippen LogP contribution in [0.3, 0.4) is 0 Å². The van der Waals surface area contributed by atoms with Gasteiger partial charge in [0.05, 0.1) is 22.9 Å². The van der Waals surface area contributed by atoms with Crippen molar-refractivity contribution in [3.8, 4) is 11.3 Å². The predicted octanol–water partition coefficient (Wildman–Crippen LogP) is 5.38. The second-order valence-corrected chi connectivity index (χ2v) is 7.52. The lowest BCUT2D eigenvalue weighted by Crippen LogP contribution is -2.07. The van der Waals surface area contributed by atoms with E-state index in [9.17, 15) is 0 Å². The van der Waals surface area contributed by atoms with Crippen molar-refractivity contribution in [3.05, 3.63) is 53.7 Å². The van der Waals surface area contributed by atoms with E-state index in [1.165, 1.54) is 45.2 Å². The van der Waals surface area contributed by atoms with E-state index >= 15 is 0 Å². The third-order valence-corrected chi connectivity index (χ3v) is 6.00. The Balaban J connectivity index is 1.83. The second kappa shape index (κ2) is 5.88. The summed E-state index contributed by atoms with van der Waals surface area (Å²) < 4.78 is 0. The maximum atomic E-state index is 5.10. The molecule has 0 aliphatic heterocycles. The smallest absolute Gasteiger partial charge is 0.0744 e. The highest BCUT2D eigenvalue weighted by Gasteiger charge is 2.21. The normalized spacial score (nSPS) is 14.1. The van der Waals surface area contributed by atoms with Crippen molar-refractivity contribution < 1.29 is 0 Å². The molecule has 1 N–H and O–H groups in total. The standard InChI is InChI=1S/C21H19N3S/c1-25-14-8-6-13(7-9-14)21-16-5-3-2-4-15(16)20-17-12-22-24-18(17)10-11-19(20)23-21/h6-12H,2-5H2,1H3,(H,22,24). The topological polar surface area (TPSA) is 41.6 Å². The van der Waals surface area contributed by atoms with Crippen LogP contribution in [-0.4, -0.2) is 21.4 Å². The third kappa shape index (κ3) is 2.35. The van der Waals surface area contributed by atoms with Gasteiger partial charge in [0, 0.05) is 21.2 Å². The van der Waals surface area contributed by atoms with Crippen molar-refractivity contribution in [2.24, 2.45) is 0 Å². The van der Waals surface area contributed by atoms with E-state index < -0.39 is 0 Å². The molecule has 2 aromatic heterocycles. The highest BCUT2D eigenvalue weighted by molar-refractivity contribution is 7.98. The number of hydrogen-bond donors (Lipinski definition) is 1. The van der Waals surface area contributed by atoms with Gasteiger partial charge in [-0.25, -0.2) is 4.98 Å². The zero-order valence-corrected chi connectivity index (χ0v) is 15.0. The van der Waals surface area contributed by atoms with Crippen LogP contribution in [0.2, 0.25) is 0 Å². The first-order valence-corrected chi connectivity index (χ1v) is 9.99. The fourth-order valence-electron chi connectivity index (χ4n) is 4.03. The highest BCUT2D eigenvalue weighted by Crippen LogP contribution is 2.38. The van der Waals surface area contributed by atoms with E-state index in [0.29, 0.717) is 0 Å². The molecule has 4 aromatic rings. The minimum absolute atomic E-state index is 1.08. The van der Waals surface area contributed by atoms with Gasteiger partial charge in [-0.2, -0.15) is 5.10 Å². The lowest BCUT2D eigenvalue weighted by atomic mass is 9.85. The average Bonchev–Trinajstić information content (AvgIpc) is 3.16. The number of aromatic amines is 1. The number of H-pyrrole nitrogens is 1. The molecule has 1 aliphatic carbocycles. The van der Waals surface area contributed by atoms with Crippen LogP contribution in [0.15, 0.2) is 47.5 Å². The Labute approximate surface area is 150 Å². The van der Waals surface area contributed by atoms with E-state index in [4.69, 9.17) is 4.98 Å². The summed E-state index contributed by atoms with van der Waals surface area (Å²) in [6, 6.07) is 13.0. The summed E-state index contributed by atoms with van der Waals surface area (Å²) >= 11 is 1.78. The molecule has 0 fully saturated rings. The Kier molecular flexibility index (Phi) is 3.52. The largest absolute Gasteiger partial charge is 0.278 e. The molecule has 1 aliphatic rings. The molecular weight excluding hydrogens is 326 g/mol. The maximum absolute atomic E-state index is 5.10. The fourth-order valence-corrected chi connectivity index (χ4v) is 4.44. The number of aromatic nitrogens is 3. The van der Waals surface area contributed by atoms with Crippen molar-refractivity contribution in [3.63, 3.8) is 0 Å². The van der Waals surface area contributed by atoms with Crippen LogP contribution < -0.4 is 0 Å². The van der Waals surface area contributed by atoms with Crippen LogP contribution in [0.4, 0.5) is 0 Å². The lowest BCUT2D eigenvalue weighted by Gasteiger charge is -2.21. The summed E-state index contributed by atoms with van der Waals surface area (Å²) in [4.78, 5) is 6.39. The second-order valence-electron chi connectivity index (χ2n) is 6.64. The van der Waals surface area contributed by atoms with Gasteiger partial charge < -0.3 is 0 Å². The Morgan fingerprint density at radius 2 is 1.76 bits per heavy atom. The summed E-state index contributed by atoms with van der Waals surface area (Å²) in [5, 5.41) is 9.84. The first-order valence-electron chi connectivity index (χ1n) is 8.77. The molecule has 0 bridgehead atoms. The molecule has 0 unspecified atom stereocenters. The predicted molar refractivity (Wildman–Crippen MR) is 105 cm³/mol. The van der Waals surface area contributed by atoms with Gasteiger partial charge in [0.1, 0.15) is 0 Å². The summed E-state index contributed by atoms with van der Waals surface area (Å²) in [6.45, 7) is 0. The van der Waals surface area contributed by atoms with Crippen LogP contribution in [-0.2, 0) is 12.8 Å². The Bertz CT molecular complexity index is 1080. The Morgan fingerprint density at radius 3 is 2.56 bits per heavy atom. The van der Waals surface area contributed by atoms with Gasteiger partial charge in [-0.3, -0.25) is 5.10 Å². The molecule has 0 amide bonds. The van der Waals surface area contributed by atoms with E-state index in [1.807, 2.05) is 6.20 Å². The number of thioether (sulfide) groups is 1. The number of fused-ring (bicyclic) bond motifs is 5. The van der Waals surface area contributed by atoms with Crippen LogP contribution in [0.25, 0.3) is 33.1 Å². The summed E-state index contributed by atoms with van der Waals surface area (Å²) in [6.07, 6.45) is 8.81. The van der Waals surface area contributed by atoms with Crippen LogP contribution in [0.1, 0.15) is 24.0 Å². The number of aryl methyl sites for hydroxylation is 1. The summed E-state index contributed by atoms with van der Waals surface area (Å²) in [7, 11) is 0. The van der Waals surface area contributed by atoms with E-state index in [2.05, 4.69) is 52.9 Å². The number of pyridine rings is 1. The first-order chi connectivity index (χ1) is 12.3. The van der Waals surface area contributed by atoms with Gasteiger partial charge in [0.15, 0.2) is 0 Å². The number of nitrogens with zero attached hydrogens (tertiary/aromatic N) is 2. The van der Waals surface area contributed by atoms with Gasteiger partial charge in [-0.15, -0.1) is 11.8 Å². The lowest BCUT2D eigenvalue weighted by molar-refractivity contribution is 0.689. The number of nitrogens with one attached hydrogen (secondary N) is 1. The van der Waals surface area contributed by atoms with Gasteiger partial charge >= 0.3 is 0 Å². The summed E-state index contributed by atoms with van der Waals surface area (Å²) in [5.74, 6) is 0. The minimum Gasteiger partial charge on any atom is -0.278 e. The number of benzene rings is 2. The SMILES string of the molecule is CSc1ccc(-c2nc3ccc4[nH]ncc4c3c3c2CCCC3)cc1. The van der Waals surface area contributed by atoms with Crippen molar-refractivity contribution in [1.29, 1.82) is 0 Å². The molecular formula is C21H19N3S. The van der Waals surface area contributed by atoms with Crippen molar-refractivity contribution in [1.82, 2.24) is 15.2 Å². The van der Waals surface area contributed by atoms with E-state index in [1.54, 1.807) is 11.8 Å². The molecule has 2 heterocycles. The Hall–Kier alpha value is -2.33. The molecule has 2 aromatic carbocycles. The molecule has 0 spiro atoms. The van der Waals surface area contributed by atoms with Gasteiger partial charge in [-0.1, -0.05) is 12.1 Å². The number of hydrogen-bond acceptors (Lipinski definition) is 3. The molecule has 124 valence electrons. The quantitative estimate of drug-likeness (QED) is 0.496. The monoisotopic (exact) mass is 345 g/mol. The molecule has 0 radical (unpaired) electrons. The van der Waals surface area contributed by atoms with Crippen LogP contribution in [0.5, 0.6) is 0 Å². The molecule has 25 heavy (non-hydrogen) atoms. The third-order valence-electron chi connectivity index (χ3n) is 5.25. The minimum atomic E-state index is 1.08. The maximum Gasteiger partial charge on any atom is 0.0744 e. The van der Waals surface area contributed by atoms with Crippen molar-refractivity contribution >= 4 is 33.6 Å². The van der Waals surface area contributed by atoms with E-state index in [-0.39, 0.29) is 0 Å². The number of rotatable bonds is 2. The first kappa shape index (κ1) is 15.0. The molecule has 3 nitrogen and oxygen atoms in total. The molecule has 0 atom stereocenters. The Morgan fingerprint density at radius 1 is 0.960 bits per heavy atom. The molecule has 5 rings (SSSR count). The van der Waals surface area contributed by atoms with Gasteiger partial charge in [0.2, 0.25) is 0 Å². The summed E-state index contributed by atoms with van der Waals surface area (Å²) in [5.41, 5.74) is 7.48. The average molecular weight is 345 g/mol. The fraction of sp³-hybridized carbons (Fsp3) is 0.238. The van der Waals surface area contributed by atoms with E-state index in [0.717, 1.165) is 29.6 Å². The molecule has 0 saturated heterocycles. The molecule has 0 saturated carbocycles. The highest BCUT2D eigenvalue weighted by atomic mass is 32.2. The van der Waals surface area contributed by atoms with Gasteiger partial charge in [0.25, 0.3) is 0 Å². The van der Waals surface area contributed by atoms with Gasteiger partial charge in [-0.05, 0) is 67.3 Å². The van der Waals surface area contributed by atoms with Crippen LogP contribution in [0, 0.1) is 0 Å². The molecule has 4 heteroatoms. The van der Waals surface area contributed by atoms with Crippen LogP contribution >= 0.6 is 11.8 Å². The zero-order chi connectivity index (χ0) is 16.8. The zero-order valence-electron chi connectivity index (χ0n) is 14.2. The van der Waals surface area contributed by atoms with Crippen molar-refractivity contribution in [2.75, 3.05) is 6.26 Å². The van der Waals surface area contributed by atoms with Crippen molar-refractivity contribution in [2.45, 2.75) is 30.6 Å².